The van der Waals surface area contributed by atoms with E-state index >= 15 is 0 Å². The predicted molar refractivity (Wildman–Crippen MR) is 130 cm³/mol. The van der Waals surface area contributed by atoms with Gasteiger partial charge in [-0.15, -0.1) is 11.8 Å². The van der Waals surface area contributed by atoms with Crippen molar-refractivity contribution in [3.63, 3.8) is 0 Å². The van der Waals surface area contributed by atoms with Crippen LogP contribution in [0.25, 0.3) is 0 Å². The van der Waals surface area contributed by atoms with Crippen molar-refractivity contribution in [1.29, 1.82) is 0 Å². The minimum atomic E-state index is -0.928. The molecule has 4 heterocycles. The summed E-state index contributed by atoms with van der Waals surface area (Å²) in [6, 6.07) is 5.16. The third kappa shape index (κ3) is 3.26. The molecule has 0 saturated carbocycles. The number of hydrogen-bond donors (Lipinski definition) is 1. The Morgan fingerprint density at radius 1 is 1.12 bits per heavy atom. The Morgan fingerprint density at radius 2 is 1.91 bits per heavy atom. The molecule has 0 aliphatic carbocycles. The molecule has 4 aliphatic rings. The molecule has 2 fully saturated rings. The van der Waals surface area contributed by atoms with Gasteiger partial charge in [-0.1, -0.05) is 36.4 Å². The molecular weight excluding hydrogens is 452 g/mol. The molecule has 1 N–H and O–H groups in total. The average molecular weight is 483 g/mol. The molecule has 4 aliphatic heterocycles. The highest BCUT2D eigenvalue weighted by Crippen LogP contribution is 2.65. The zero-order chi connectivity index (χ0) is 24.3. The van der Waals surface area contributed by atoms with Gasteiger partial charge in [-0.25, -0.2) is 0 Å². The van der Waals surface area contributed by atoms with Crippen molar-refractivity contribution < 1.29 is 24.2 Å². The van der Waals surface area contributed by atoms with Gasteiger partial charge in [-0.05, 0) is 44.4 Å². The molecule has 0 aromatic heterocycles. The summed E-state index contributed by atoms with van der Waals surface area (Å²) in [5, 5.41) is 9.79. The Hall–Kier alpha value is -2.58. The Balaban J connectivity index is 1.66. The highest BCUT2D eigenvalue weighted by Gasteiger charge is 2.73. The first kappa shape index (κ1) is 23.2. The van der Waals surface area contributed by atoms with Gasteiger partial charge in [0.2, 0.25) is 5.91 Å². The number of aryl methyl sites for hydroxylation is 2. The van der Waals surface area contributed by atoms with E-state index in [-0.39, 0.29) is 31.6 Å². The van der Waals surface area contributed by atoms with Gasteiger partial charge >= 0.3 is 5.97 Å². The summed E-state index contributed by atoms with van der Waals surface area (Å²) in [5.41, 5.74) is 2.82. The lowest BCUT2D eigenvalue weighted by molar-refractivity contribution is -0.154. The van der Waals surface area contributed by atoms with Gasteiger partial charge in [0.1, 0.15) is 6.04 Å². The molecule has 2 saturated heterocycles. The van der Waals surface area contributed by atoms with Gasteiger partial charge in [-0.2, -0.15) is 0 Å². The van der Waals surface area contributed by atoms with Crippen LogP contribution < -0.4 is 4.90 Å². The fraction of sp³-hybridized carbons (Fsp3) is 0.500. The lowest BCUT2D eigenvalue weighted by atomic mass is 9.74. The predicted octanol–water partition coefficient (Wildman–Crippen LogP) is 2.39. The van der Waals surface area contributed by atoms with Crippen LogP contribution in [0.5, 0.6) is 0 Å². The first-order chi connectivity index (χ1) is 16.2. The maximum absolute atomic E-state index is 14.2. The van der Waals surface area contributed by atoms with Gasteiger partial charge in [0.25, 0.3) is 5.91 Å². The Labute approximate surface area is 203 Å². The number of fused-ring (bicyclic) bond motifs is 2. The highest BCUT2D eigenvalue weighted by molar-refractivity contribution is 8.02. The standard InChI is InChI=1S/C26H30N2O5S/c1-16-7-8-17(2)18(15-16)27-11-6-10-26-19(22(30)28(12-13-29)21(26)23(27)31)20-24(32)33-14-5-4-9-25(20,3)34-26/h4,6-10,15,19-21,29H,5,11-14H2,1-3H3/t19-,20+,21?,25-,26-/m0/s1. The van der Waals surface area contributed by atoms with E-state index in [2.05, 4.69) is 0 Å². The van der Waals surface area contributed by atoms with Crippen molar-refractivity contribution in [3.05, 3.63) is 53.6 Å². The monoisotopic (exact) mass is 482 g/mol. The van der Waals surface area contributed by atoms with Gasteiger partial charge in [0, 0.05) is 23.5 Å². The summed E-state index contributed by atoms with van der Waals surface area (Å²) in [6.45, 7) is 6.34. The van der Waals surface area contributed by atoms with Gasteiger partial charge in [-0.3, -0.25) is 14.4 Å². The van der Waals surface area contributed by atoms with E-state index in [1.165, 1.54) is 16.7 Å². The van der Waals surface area contributed by atoms with E-state index in [4.69, 9.17) is 4.74 Å². The maximum atomic E-state index is 14.2. The first-order valence-electron chi connectivity index (χ1n) is 11.8. The quantitative estimate of drug-likeness (QED) is 0.526. The third-order valence-corrected chi connectivity index (χ3v) is 9.31. The number of anilines is 1. The number of hydrogen-bond acceptors (Lipinski definition) is 6. The zero-order valence-electron chi connectivity index (χ0n) is 19.7. The van der Waals surface area contributed by atoms with E-state index in [1.807, 2.05) is 63.3 Å². The van der Waals surface area contributed by atoms with Crippen molar-refractivity contribution in [3.8, 4) is 0 Å². The first-order valence-corrected chi connectivity index (χ1v) is 12.6. The normalized spacial score (nSPS) is 34.8. The molecule has 1 unspecified atom stereocenters. The molecule has 34 heavy (non-hydrogen) atoms. The molecule has 5 rings (SSSR count). The van der Waals surface area contributed by atoms with E-state index in [1.54, 1.807) is 4.90 Å². The molecule has 1 aromatic carbocycles. The fourth-order valence-electron chi connectivity index (χ4n) is 6.06. The van der Waals surface area contributed by atoms with Gasteiger partial charge in [0.05, 0.1) is 29.8 Å². The van der Waals surface area contributed by atoms with Crippen molar-refractivity contribution in [2.24, 2.45) is 11.8 Å². The number of rotatable bonds is 3. The van der Waals surface area contributed by atoms with Crippen LogP contribution in [-0.2, 0) is 19.1 Å². The molecule has 2 amide bonds. The van der Waals surface area contributed by atoms with Gasteiger partial charge in [0.15, 0.2) is 0 Å². The number of aliphatic hydroxyl groups is 1. The summed E-state index contributed by atoms with van der Waals surface area (Å²) in [4.78, 5) is 44.5. The van der Waals surface area contributed by atoms with Crippen LogP contribution in [0.15, 0.2) is 42.5 Å². The van der Waals surface area contributed by atoms with Crippen LogP contribution in [0, 0.1) is 25.7 Å². The van der Waals surface area contributed by atoms with Crippen LogP contribution in [0.3, 0.4) is 0 Å². The van der Waals surface area contributed by atoms with Crippen molar-refractivity contribution in [2.75, 3.05) is 31.2 Å². The molecular formula is C26H30N2O5S. The molecule has 7 nitrogen and oxygen atoms in total. The largest absolute Gasteiger partial charge is 0.465 e. The van der Waals surface area contributed by atoms with Gasteiger partial charge < -0.3 is 19.6 Å². The number of benzene rings is 1. The van der Waals surface area contributed by atoms with E-state index in [9.17, 15) is 19.5 Å². The van der Waals surface area contributed by atoms with Crippen molar-refractivity contribution >= 4 is 35.2 Å². The number of amides is 2. The maximum Gasteiger partial charge on any atom is 0.311 e. The number of β-amino-alcohol motifs (C(OH)–C–C–N with tert-alkyl or cyclic N) is 1. The van der Waals surface area contributed by atoms with Crippen molar-refractivity contribution in [2.45, 2.75) is 42.7 Å². The lowest BCUT2D eigenvalue weighted by Crippen LogP contribution is -2.54. The number of carbonyl (C=O) groups excluding carboxylic acids is 3. The second-order valence-electron chi connectivity index (χ2n) is 9.75. The van der Waals surface area contributed by atoms with E-state index in [0.29, 0.717) is 13.0 Å². The lowest BCUT2D eigenvalue weighted by Gasteiger charge is -2.37. The smallest absolute Gasteiger partial charge is 0.311 e. The average Bonchev–Trinajstić information content (AvgIpc) is 3.09. The number of cyclic esters (lactones) is 1. The van der Waals surface area contributed by atoms with Crippen LogP contribution in [0.1, 0.15) is 24.5 Å². The van der Waals surface area contributed by atoms with Crippen LogP contribution in [-0.4, -0.2) is 69.6 Å². The Morgan fingerprint density at radius 3 is 2.68 bits per heavy atom. The molecule has 1 aromatic rings. The minimum absolute atomic E-state index is 0.0385. The zero-order valence-corrected chi connectivity index (χ0v) is 20.5. The SMILES string of the molecule is Cc1ccc(C)c(N2CC=C[C@]34S[C@@]5(C)C=CCCOC(=O)[C@H]5[C@H]3C(=O)N(CCO)C4C2=O)c1. The minimum Gasteiger partial charge on any atom is -0.465 e. The number of carbonyl (C=O) groups is 3. The number of esters is 1. The number of likely N-dealkylation sites (tertiary alicyclic amines) is 1. The molecule has 8 heteroatoms. The summed E-state index contributed by atoms with van der Waals surface area (Å²) in [6.07, 6.45) is 8.56. The molecule has 180 valence electrons. The summed E-state index contributed by atoms with van der Waals surface area (Å²) < 4.78 is 3.92. The van der Waals surface area contributed by atoms with Crippen LogP contribution in [0.4, 0.5) is 5.69 Å². The van der Waals surface area contributed by atoms with E-state index < -0.39 is 33.3 Å². The Bertz CT molecular complexity index is 1120. The van der Waals surface area contributed by atoms with E-state index in [0.717, 1.165) is 16.8 Å². The van der Waals surface area contributed by atoms with Crippen molar-refractivity contribution in [1.82, 2.24) is 4.90 Å². The summed E-state index contributed by atoms with van der Waals surface area (Å²) in [5.74, 6) is -2.31. The highest BCUT2D eigenvalue weighted by atomic mass is 32.2. The number of nitrogens with zero attached hydrogens (tertiary/aromatic N) is 2. The molecule has 5 atom stereocenters. The molecule has 0 bridgehead atoms. The topological polar surface area (TPSA) is 87.2 Å². The number of thioether (sulfide) groups is 1. The Kier molecular flexibility index (Phi) is 5.64. The summed E-state index contributed by atoms with van der Waals surface area (Å²) >= 11 is 1.51. The number of aliphatic hydroxyl groups excluding tert-OH is 1. The second kappa shape index (κ2) is 8.27. The summed E-state index contributed by atoms with van der Waals surface area (Å²) in [7, 11) is 0. The molecule has 1 spiro atoms. The fourth-order valence-corrected chi connectivity index (χ4v) is 8.22. The second-order valence-corrected chi connectivity index (χ2v) is 11.5. The number of ether oxygens (including phenoxy) is 1. The van der Waals surface area contributed by atoms with Crippen LogP contribution in [0.2, 0.25) is 0 Å². The van der Waals surface area contributed by atoms with Crippen LogP contribution >= 0.6 is 11.8 Å². The molecule has 0 radical (unpaired) electrons. The third-order valence-electron chi connectivity index (χ3n) is 7.52.